The molecule has 0 spiro atoms. The Morgan fingerprint density at radius 3 is 1.93 bits per heavy atom. The molecule has 0 saturated heterocycles. The van der Waals surface area contributed by atoms with Gasteiger partial charge in [0.1, 0.15) is 18.1 Å². The van der Waals surface area contributed by atoms with E-state index in [1.165, 1.54) is 13.8 Å². The minimum atomic E-state index is -1.33. The summed E-state index contributed by atoms with van der Waals surface area (Å²) in [6.45, 7) is 3.28. The van der Waals surface area contributed by atoms with E-state index < -0.39 is 53.8 Å². The van der Waals surface area contributed by atoms with Crippen LogP contribution >= 0.6 is 0 Å². The summed E-state index contributed by atoms with van der Waals surface area (Å²) in [6, 6.07) is -4.14. The standard InChI is InChI=1S/C17H32N6O6/c1-9(19)14(25)21-10(2)15(26)22-11(5-3-4-8-18)16(27)23-12(17(28)29)6-7-13(20)24/h9-12H,3-8,18-19H2,1-2H3,(H2,20,24)(H,21,25)(H,22,26)(H,23,27)(H,28,29). The normalized spacial score (nSPS) is 14.8. The van der Waals surface area contributed by atoms with Crippen LogP contribution in [0.5, 0.6) is 0 Å². The molecule has 12 nitrogen and oxygen atoms in total. The zero-order valence-electron chi connectivity index (χ0n) is 16.8. The van der Waals surface area contributed by atoms with Crippen LogP contribution in [0.2, 0.25) is 0 Å². The topological polar surface area (TPSA) is 220 Å². The van der Waals surface area contributed by atoms with Crippen LogP contribution in [0.3, 0.4) is 0 Å². The van der Waals surface area contributed by atoms with Crippen LogP contribution in [-0.4, -0.2) is 65.4 Å². The summed E-state index contributed by atoms with van der Waals surface area (Å²) in [7, 11) is 0. The molecule has 29 heavy (non-hydrogen) atoms. The molecule has 0 fully saturated rings. The largest absolute Gasteiger partial charge is 0.480 e. The average Bonchev–Trinajstić information content (AvgIpc) is 2.63. The number of carbonyl (C=O) groups is 5. The van der Waals surface area contributed by atoms with Gasteiger partial charge in [-0.2, -0.15) is 0 Å². The van der Waals surface area contributed by atoms with Crippen LogP contribution in [0.1, 0.15) is 46.0 Å². The molecule has 166 valence electrons. The highest BCUT2D eigenvalue weighted by Gasteiger charge is 2.28. The lowest BCUT2D eigenvalue weighted by molar-refractivity contribution is -0.142. The SMILES string of the molecule is CC(N)C(=O)NC(C)C(=O)NC(CCCCN)C(=O)NC(CCC(N)=O)C(=O)O. The fraction of sp³-hybridized carbons (Fsp3) is 0.706. The summed E-state index contributed by atoms with van der Waals surface area (Å²) in [4.78, 5) is 58.7. The number of amides is 4. The Morgan fingerprint density at radius 2 is 1.45 bits per heavy atom. The van der Waals surface area contributed by atoms with E-state index in [4.69, 9.17) is 17.2 Å². The van der Waals surface area contributed by atoms with Crippen molar-refractivity contribution in [1.82, 2.24) is 16.0 Å². The number of aliphatic carboxylic acids is 1. The van der Waals surface area contributed by atoms with E-state index in [-0.39, 0.29) is 19.3 Å². The van der Waals surface area contributed by atoms with Crippen LogP contribution in [0.4, 0.5) is 0 Å². The van der Waals surface area contributed by atoms with Crippen molar-refractivity contribution in [2.75, 3.05) is 6.54 Å². The van der Waals surface area contributed by atoms with Crippen LogP contribution in [0.15, 0.2) is 0 Å². The summed E-state index contributed by atoms with van der Waals surface area (Å²) < 4.78 is 0. The van der Waals surface area contributed by atoms with Gasteiger partial charge in [0.2, 0.25) is 23.6 Å². The van der Waals surface area contributed by atoms with E-state index in [0.717, 1.165) is 0 Å². The van der Waals surface area contributed by atoms with E-state index in [2.05, 4.69) is 16.0 Å². The smallest absolute Gasteiger partial charge is 0.326 e. The Kier molecular flexibility index (Phi) is 12.2. The van der Waals surface area contributed by atoms with Crippen molar-refractivity contribution in [3.63, 3.8) is 0 Å². The maximum atomic E-state index is 12.5. The van der Waals surface area contributed by atoms with Gasteiger partial charge in [0, 0.05) is 6.42 Å². The number of primary amides is 1. The van der Waals surface area contributed by atoms with Crippen LogP contribution in [-0.2, 0) is 24.0 Å². The fourth-order valence-electron chi connectivity index (χ4n) is 2.29. The molecule has 4 unspecified atom stereocenters. The Morgan fingerprint density at radius 1 is 0.862 bits per heavy atom. The number of nitrogens with two attached hydrogens (primary N) is 3. The molecule has 0 saturated carbocycles. The second kappa shape index (κ2) is 13.4. The minimum absolute atomic E-state index is 0.180. The highest BCUT2D eigenvalue weighted by atomic mass is 16.4. The minimum Gasteiger partial charge on any atom is -0.480 e. The Balaban J connectivity index is 5.10. The van der Waals surface area contributed by atoms with E-state index in [0.29, 0.717) is 19.4 Å². The first kappa shape index (κ1) is 26.3. The zero-order chi connectivity index (χ0) is 22.6. The first-order valence-corrected chi connectivity index (χ1v) is 9.37. The van der Waals surface area contributed by atoms with Gasteiger partial charge in [-0.3, -0.25) is 19.2 Å². The molecule has 0 aromatic heterocycles. The molecule has 0 bridgehead atoms. The van der Waals surface area contributed by atoms with Gasteiger partial charge in [-0.1, -0.05) is 0 Å². The molecular formula is C17H32N6O6. The monoisotopic (exact) mass is 416 g/mol. The third-order valence-electron chi connectivity index (χ3n) is 4.04. The number of nitrogens with one attached hydrogen (secondary N) is 3. The van der Waals surface area contributed by atoms with Crippen molar-refractivity contribution >= 4 is 29.6 Å². The molecule has 0 aromatic rings. The van der Waals surface area contributed by atoms with E-state index in [9.17, 15) is 29.1 Å². The maximum Gasteiger partial charge on any atom is 0.326 e. The lowest BCUT2D eigenvalue weighted by atomic mass is 10.1. The summed E-state index contributed by atoms with van der Waals surface area (Å²) in [5, 5.41) is 16.4. The highest BCUT2D eigenvalue weighted by molar-refractivity contribution is 5.93. The molecule has 0 radical (unpaired) electrons. The number of carboxylic acid groups (broad SMARTS) is 1. The van der Waals surface area contributed by atoms with Crippen molar-refractivity contribution in [3.8, 4) is 0 Å². The van der Waals surface area contributed by atoms with Crippen LogP contribution in [0, 0.1) is 0 Å². The van der Waals surface area contributed by atoms with Gasteiger partial charge in [-0.15, -0.1) is 0 Å². The van der Waals surface area contributed by atoms with Crippen molar-refractivity contribution in [2.45, 2.75) is 70.1 Å². The van der Waals surface area contributed by atoms with Crippen molar-refractivity contribution < 1.29 is 29.1 Å². The Labute approximate surface area is 169 Å². The summed E-state index contributed by atoms with van der Waals surface area (Å²) in [5.74, 6) is -3.91. The quantitative estimate of drug-likeness (QED) is 0.147. The van der Waals surface area contributed by atoms with Gasteiger partial charge < -0.3 is 38.3 Å². The maximum absolute atomic E-state index is 12.5. The summed E-state index contributed by atoms with van der Waals surface area (Å²) >= 11 is 0. The predicted octanol–water partition coefficient (Wildman–Crippen LogP) is -2.71. The molecule has 0 rings (SSSR count). The number of carboxylic acids is 1. The number of rotatable bonds is 14. The summed E-state index contributed by atoms with van der Waals surface area (Å²) in [6.07, 6.45) is 0.919. The molecule has 10 N–H and O–H groups in total. The summed E-state index contributed by atoms with van der Waals surface area (Å²) in [5.41, 5.74) is 15.9. The average molecular weight is 416 g/mol. The van der Waals surface area contributed by atoms with Crippen molar-refractivity contribution in [2.24, 2.45) is 17.2 Å². The second-order valence-electron chi connectivity index (χ2n) is 6.77. The molecule has 0 aliphatic carbocycles. The van der Waals surface area contributed by atoms with Gasteiger partial charge in [-0.25, -0.2) is 4.79 Å². The molecular weight excluding hydrogens is 384 g/mol. The molecule has 4 amide bonds. The lowest BCUT2D eigenvalue weighted by Crippen LogP contribution is -2.56. The van der Waals surface area contributed by atoms with Crippen LogP contribution < -0.4 is 33.2 Å². The number of unbranched alkanes of at least 4 members (excludes halogenated alkanes) is 1. The highest BCUT2D eigenvalue weighted by Crippen LogP contribution is 2.05. The van der Waals surface area contributed by atoms with Crippen molar-refractivity contribution in [1.29, 1.82) is 0 Å². The third kappa shape index (κ3) is 11.0. The zero-order valence-corrected chi connectivity index (χ0v) is 16.8. The Hall–Kier alpha value is -2.73. The number of carbonyl (C=O) groups excluding carboxylic acids is 4. The van der Waals surface area contributed by atoms with E-state index >= 15 is 0 Å². The molecule has 0 aliphatic rings. The van der Waals surface area contributed by atoms with Crippen LogP contribution in [0.25, 0.3) is 0 Å². The van der Waals surface area contributed by atoms with Gasteiger partial charge in [0.05, 0.1) is 6.04 Å². The number of hydrogen-bond acceptors (Lipinski definition) is 7. The van der Waals surface area contributed by atoms with Crippen molar-refractivity contribution in [3.05, 3.63) is 0 Å². The molecule has 0 heterocycles. The van der Waals surface area contributed by atoms with E-state index in [1.54, 1.807) is 0 Å². The fourth-order valence-corrected chi connectivity index (χ4v) is 2.29. The first-order valence-electron chi connectivity index (χ1n) is 9.37. The molecule has 12 heteroatoms. The van der Waals surface area contributed by atoms with E-state index in [1.807, 2.05) is 0 Å². The van der Waals surface area contributed by atoms with Gasteiger partial charge in [0.15, 0.2) is 0 Å². The lowest BCUT2D eigenvalue weighted by Gasteiger charge is -2.23. The molecule has 4 atom stereocenters. The Bertz CT molecular complexity index is 597. The number of hydrogen-bond donors (Lipinski definition) is 7. The molecule has 0 aromatic carbocycles. The second-order valence-corrected chi connectivity index (χ2v) is 6.77. The van der Waals surface area contributed by atoms with Gasteiger partial charge >= 0.3 is 5.97 Å². The third-order valence-corrected chi connectivity index (χ3v) is 4.04. The first-order chi connectivity index (χ1) is 13.5. The molecule has 0 aliphatic heterocycles. The predicted molar refractivity (Wildman–Crippen MR) is 104 cm³/mol. The van der Waals surface area contributed by atoms with Gasteiger partial charge in [-0.05, 0) is 46.1 Å². The van der Waals surface area contributed by atoms with Gasteiger partial charge in [0.25, 0.3) is 0 Å².